The largest absolute Gasteiger partial charge is 0.496 e. The lowest BCUT2D eigenvalue weighted by molar-refractivity contribution is -0.148. The Morgan fingerprint density at radius 1 is 1.22 bits per heavy atom. The van der Waals surface area contributed by atoms with Gasteiger partial charge in [0.1, 0.15) is 23.9 Å². The Balaban J connectivity index is 1.35. The molecule has 10 heteroatoms. The normalized spacial score (nSPS) is 19.3. The molecule has 1 N–H and O–H groups in total. The van der Waals surface area contributed by atoms with Crippen LogP contribution in [0.3, 0.4) is 0 Å². The number of aliphatic carboxylic acids is 1. The summed E-state index contributed by atoms with van der Waals surface area (Å²) < 4.78 is 34.0. The average Bonchev–Trinajstić information content (AvgIpc) is 3.54. The summed E-state index contributed by atoms with van der Waals surface area (Å²) in [7, 11) is 1.65. The SMILES string of the molecule is CCCC(CC)N1CCc2c(F)c(COc3c(C)cccc3-c3csc(N4CC[C@H](C(=O)O)[C@H](OCC)C4)n3)cc(OC)c2C1. The van der Waals surface area contributed by atoms with E-state index in [-0.39, 0.29) is 18.5 Å². The summed E-state index contributed by atoms with van der Waals surface area (Å²) in [5, 5.41) is 12.4. The molecule has 45 heavy (non-hydrogen) atoms. The smallest absolute Gasteiger partial charge is 0.309 e. The van der Waals surface area contributed by atoms with Gasteiger partial charge in [0.05, 0.1) is 24.8 Å². The van der Waals surface area contributed by atoms with Crippen molar-refractivity contribution in [2.75, 3.05) is 38.3 Å². The van der Waals surface area contributed by atoms with Gasteiger partial charge in [-0.1, -0.05) is 32.4 Å². The highest BCUT2D eigenvalue weighted by atomic mass is 32.1. The fraction of sp³-hybridized carbons (Fsp3) is 0.543. The number of rotatable bonds is 13. The monoisotopic (exact) mass is 639 g/mol. The van der Waals surface area contributed by atoms with Crippen molar-refractivity contribution >= 4 is 22.4 Å². The minimum absolute atomic E-state index is 0.0696. The fourth-order valence-corrected chi connectivity index (χ4v) is 7.68. The van der Waals surface area contributed by atoms with Crippen LogP contribution in [0.5, 0.6) is 11.5 Å². The van der Waals surface area contributed by atoms with Crippen molar-refractivity contribution in [1.29, 1.82) is 0 Å². The number of carbonyl (C=O) groups is 1. The molecule has 0 amide bonds. The Morgan fingerprint density at radius 3 is 2.76 bits per heavy atom. The molecular formula is C35H46FN3O5S. The number of para-hydroxylation sites is 1. The Kier molecular flexibility index (Phi) is 11.0. The molecule has 3 heterocycles. The molecule has 2 aromatic carbocycles. The molecule has 0 radical (unpaired) electrons. The van der Waals surface area contributed by atoms with Crippen LogP contribution in [0.1, 0.15) is 68.7 Å². The Labute approximate surface area is 270 Å². The van der Waals surface area contributed by atoms with Gasteiger partial charge in [-0.05, 0) is 62.8 Å². The number of fused-ring (bicyclic) bond motifs is 1. The van der Waals surface area contributed by atoms with E-state index in [9.17, 15) is 9.90 Å². The lowest BCUT2D eigenvalue weighted by Gasteiger charge is -2.36. The second kappa shape index (κ2) is 14.9. The first-order valence-corrected chi connectivity index (χ1v) is 17.1. The number of hydrogen-bond acceptors (Lipinski definition) is 8. The van der Waals surface area contributed by atoms with E-state index in [0.717, 1.165) is 58.9 Å². The molecule has 1 aromatic heterocycles. The molecule has 0 spiro atoms. The average molecular weight is 640 g/mol. The number of thiazole rings is 1. The summed E-state index contributed by atoms with van der Waals surface area (Å²) in [6.45, 7) is 11.4. The number of anilines is 1. The van der Waals surface area contributed by atoms with E-state index in [1.54, 1.807) is 13.2 Å². The molecule has 5 rings (SSSR count). The van der Waals surface area contributed by atoms with Crippen molar-refractivity contribution in [3.63, 3.8) is 0 Å². The molecule has 1 saturated heterocycles. The molecule has 3 atom stereocenters. The zero-order chi connectivity index (χ0) is 32.1. The first kappa shape index (κ1) is 33.2. The molecule has 8 nitrogen and oxygen atoms in total. The molecule has 0 bridgehead atoms. The van der Waals surface area contributed by atoms with Gasteiger partial charge in [-0.15, -0.1) is 11.3 Å². The van der Waals surface area contributed by atoms with Crippen LogP contribution in [0.25, 0.3) is 11.3 Å². The maximum atomic E-state index is 16.0. The lowest BCUT2D eigenvalue weighted by atomic mass is 9.93. The molecule has 2 aliphatic rings. The van der Waals surface area contributed by atoms with Crippen LogP contribution in [0.2, 0.25) is 0 Å². The van der Waals surface area contributed by atoms with Crippen molar-refractivity contribution in [3.8, 4) is 22.8 Å². The predicted octanol–water partition coefficient (Wildman–Crippen LogP) is 7.10. The van der Waals surface area contributed by atoms with Crippen LogP contribution in [0.15, 0.2) is 29.6 Å². The molecule has 0 aliphatic carbocycles. The van der Waals surface area contributed by atoms with Crippen molar-refractivity contribution in [1.82, 2.24) is 9.88 Å². The molecular weight excluding hydrogens is 593 g/mol. The number of carboxylic acid groups (broad SMARTS) is 1. The van der Waals surface area contributed by atoms with Gasteiger partial charge in [0.25, 0.3) is 0 Å². The molecule has 244 valence electrons. The van der Waals surface area contributed by atoms with Crippen LogP contribution in [0, 0.1) is 18.7 Å². The zero-order valence-electron chi connectivity index (χ0n) is 27.1. The summed E-state index contributed by atoms with van der Waals surface area (Å²) in [5.74, 6) is -0.158. The van der Waals surface area contributed by atoms with Gasteiger partial charge in [-0.2, -0.15) is 0 Å². The van der Waals surface area contributed by atoms with Gasteiger partial charge in [-0.3, -0.25) is 9.69 Å². The van der Waals surface area contributed by atoms with Gasteiger partial charge in [-0.25, -0.2) is 9.37 Å². The quantitative estimate of drug-likeness (QED) is 0.212. The second-order valence-corrected chi connectivity index (χ2v) is 12.8. The Morgan fingerprint density at radius 2 is 2.04 bits per heavy atom. The van der Waals surface area contributed by atoms with Crippen LogP contribution in [-0.4, -0.2) is 66.5 Å². The number of aryl methyl sites for hydroxylation is 1. The third-order valence-electron chi connectivity index (χ3n) is 9.23. The summed E-state index contributed by atoms with van der Waals surface area (Å²) in [5.41, 5.74) is 4.70. The van der Waals surface area contributed by atoms with Crippen LogP contribution >= 0.6 is 11.3 Å². The zero-order valence-corrected chi connectivity index (χ0v) is 27.9. The van der Waals surface area contributed by atoms with Gasteiger partial charge < -0.3 is 24.2 Å². The van der Waals surface area contributed by atoms with Gasteiger partial charge in [0.15, 0.2) is 5.13 Å². The van der Waals surface area contributed by atoms with E-state index in [1.807, 2.05) is 37.4 Å². The van der Waals surface area contributed by atoms with Gasteiger partial charge >= 0.3 is 5.97 Å². The number of benzene rings is 2. The number of ether oxygens (including phenoxy) is 3. The number of hydrogen-bond donors (Lipinski definition) is 1. The van der Waals surface area contributed by atoms with Crippen LogP contribution in [-0.2, 0) is 29.1 Å². The highest BCUT2D eigenvalue weighted by Crippen LogP contribution is 2.39. The van der Waals surface area contributed by atoms with Crippen molar-refractivity contribution in [2.24, 2.45) is 5.92 Å². The molecule has 2 aliphatic heterocycles. The second-order valence-electron chi connectivity index (χ2n) is 12.0. The minimum Gasteiger partial charge on any atom is -0.496 e. The van der Waals surface area contributed by atoms with Gasteiger partial charge in [0, 0.05) is 60.9 Å². The molecule has 1 fully saturated rings. The Hall–Kier alpha value is -3.21. The molecule has 3 aromatic rings. The summed E-state index contributed by atoms with van der Waals surface area (Å²) >= 11 is 1.51. The van der Waals surface area contributed by atoms with E-state index in [2.05, 4.69) is 23.6 Å². The molecule has 1 unspecified atom stereocenters. The highest BCUT2D eigenvalue weighted by Gasteiger charge is 2.36. The lowest BCUT2D eigenvalue weighted by Crippen LogP contribution is -2.48. The first-order valence-electron chi connectivity index (χ1n) is 16.2. The number of nitrogens with zero attached hydrogens (tertiary/aromatic N) is 3. The standard InChI is InChI=1S/C35H46FN3O5S/c1-6-10-24(7-2)38-15-13-25-28(18-38)30(42-5)17-23(32(25)36)20-44-33-22(4)11-9-12-26(33)29-21-45-35(37-29)39-16-14-27(34(40)41)31(19-39)43-8-3/h9,11-12,17,21,24,27,31H,6-8,10,13-16,18-20H2,1-5H3,(H,40,41)/t24?,27-,31+/m0/s1. The number of piperidine rings is 1. The fourth-order valence-electron chi connectivity index (χ4n) is 6.82. The summed E-state index contributed by atoms with van der Waals surface area (Å²) in [6, 6.07) is 8.21. The third-order valence-corrected chi connectivity index (χ3v) is 10.1. The predicted molar refractivity (Wildman–Crippen MR) is 176 cm³/mol. The van der Waals surface area contributed by atoms with E-state index in [0.29, 0.717) is 62.2 Å². The maximum Gasteiger partial charge on any atom is 0.309 e. The van der Waals surface area contributed by atoms with E-state index in [4.69, 9.17) is 19.2 Å². The Bertz CT molecular complexity index is 1480. The number of carboxylic acids is 1. The van der Waals surface area contributed by atoms with Crippen molar-refractivity contribution in [3.05, 3.63) is 57.7 Å². The third kappa shape index (κ3) is 7.13. The van der Waals surface area contributed by atoms with Gasteiger partial charge in [0.2, 0.25) is 0 Å². The van der Waals surface area contributed by atoms with Crippen molar-refractivity contribution in [2.45, 2.75) is 85.1 Å². The first-order chi connectivity index (χ1) is 21.8. The van der Waals surface area contributed by atoms with Crippen LogP contribution in [0.4, 0.5) is 9.52 Å². The number of methoxy groups -OCH3 is 1. The van der Waals surface area contributed by atoms with E-state index in [1.165, 1.54) is 11.3 Å². The summed E-state index contributed by atoms with van der Waals surface area (Å²) in [4.78, 5) is 21.2. The van der Waals surface area contributed by atoms with Crippen molar-refractivity contribution < 1.29 is 28.5 Å². The maximum absolute atomic E-state index is 16.0. The van der Waals surface area contributed by atoms with Crippen LogP contribution < -0.4 is 14.4 Å². The topological polar surface area (TPSA) is 84.4 Å². The molecule has 0 saturated carbocycles. The van der Waals surface area contributed by atoms with E-state index >= 15 is 4.39 Å². The number of aromatic nitrogens is 1. The minimum atomic E-state index is -0.818. The number of halogens is 1. The van der Waals surface area contributed by atoms with E-state index < -0.39 is 11.9 Å². The highest BCUT2D eigenvalue weighted by molar-refractivity contribution is 7.14. The summed E-state index contributed by atoms with van der Waals surface area (Å²) in [6.07, 6.45) is 4.11.